The van der Waals surface area contributed by atoms with Gasteiger partial charge in [0.05, 0.1) is 0 Å². The molecular weight excluding hydrogens is 148 g/mol. The molecule has 0 radical (unpaired) electrons. The van der Waals surface area contributed by atoms with Crippen molar-refractivity contribution in [3.63, 3.8) is 0 Å². The molecule has 4 N–H and O–H groups in total. The SMILES string of the molecule is CC1(C)[C@H]2CC[C@]1(C)[C@@H](N)[C@@H]2N. The van der Waals surface area contributed by atoms with E-state index in [4.69, 9.17) is 11.5 Å². The third-order valence-electron chi connectivity index (χ3n) is 4.99. The lowest BCUT2D eigenvalue weighted by Crippen LogP contribution is -2.50. The lowest BCUT2D eigenvalue weighted by molar-refractivity contribution is 0.136. The predicted octanol–water partition coefficient (Wildman–Crippen LogP) is 1.10. The minimum Gasteiger partial charge on any atom is -0.326 e. The first-order valence-corrected chi connectivity index (χ1v) is 4.92. The maximum atomic E-state index is 6.15. The quantitative estimate of drug-likeness (QED) is 0.569. The van der Waals surface area contributed by atoms with Crippen molar-refractivity contribution in [1.82, 2.24) is 0 Å². The van der Waals surface area contributed by atoms with Gasteiger partial charge in [0.25, 0.3) is 0 Å². The second-order valence-corrected chi connectivity index (χ2v) is 5.39. The van der Waals surface area contributed by atoms with E-state index in [1.165, 1.54) is 12.8 Å². The molecule has 70 valence electrons. The van der Waals surface area contributed by atoms with E-state index in [1.807, 2.05) is 0 Å². The summed E-state index contributed by atoms with van der Waals surface area (Å²) in [5, 5.41) is 0. The fourth-order valence-corrected chi connectivity index (χ4v) is 3.51. The van der Waals surface area contributed by atoms with Gasteiger partial charge in [-0.15, -0.1) is 0 Å². The molecule has 2 saturated carbocycles. The Balaban J connectivity index is 2.44. The van der Waals surface area contributed by atoms with Crippen LogP contribution in [0.25, 0.3) is 0 Å². The fourth-order valence-electron chi connectivity index (χ4n) is 3.51. The average molecular weight is 168 g/mol. The Morgan fingerprint density at radius 2 is 1.75 bits per heavy atom. The Morgan fingerprint density at radius 3 is 2.00 bits per heavy atom. The first kappa shape index (κ1) is 8.52. The Morgan fingerprint density at radius 1 is 1.17 bits per heavy atom. The molecule has 2 bridgehead atoms. The fraction of sp³-hybridized carbons (Fsp3) is 1.00. The van der Waals surface area contributed by atoms with Gasteiger partial charge < -0.3 is 11.5 Å². The summed E-state index contributed by atoms with van der Waals surface area (Å²) in [7, 11) is 0. The van der Waals surface area contributed by atoms with Gasteiger partial charge in [0.2, 0.25) is 0 Å². The average Bonchev–Trinajstić information content (AvgIpc) is 2.26. The van der Waals surface area contributed by atoms with E-state index in [-0.39, 0.29) is 17.5 Å². The highest BCUT2D eigenvalue weighted by molar-refractivity contribution is 5.17. The van der Waals surface area contributed by atoms with Crippen molar-refractivity contribution in [3.8, 4) is 0 Å². The van der Waals surface area contributed by atoms with Crippen molar-refractivity contribution in [3.05, 3.63) is 0 Å². The Kier molecular flexibility index (Phi) is 1.45. The number of hydrogen-bond acceptors (Lipinski definition) is 2. The number of rotatable bonds is 0. The van der Waals surface area contributed by atoms with Gasteiger partial charge in [0.15, 0.2) is 0 Å². The van der Waals surface area contributed by atoms with Crippen molar-refractivity contribution in [2.75, 3.05) is 0 Å². The van der Waals surface area contributed by atoms with Gasteiger partial charge in [-0.1, -0.05) is 20.8 Å². The molecule has 2 heteroatoms. The maximum Gasteiger partial charge on any atom is 0.0255 e. The van der Waals surface area contributed by atoms with Crippen LogP contribution in [0.3, 0.4) is 0 Å². The topological polar surface area (TPSA) is 52.0 Å². The monoisotopic (exact) mass is 168 g/mol. The molecule has 0 aromatic carbocycles. The van der Waals surface area contributed by atoms with Gasteiger partial charge in [-0.2, -0.15) is 0 Å². The third-order valence-corrected chi connectivity index (χ3v) is 4.99. The van der Waals surface area contributed by atoms with E-state index in [9.17, 15) is 0 Å². The van der Waals surface area contributed by atoms with E-state index in [0.29, 0.717) is 11.3 Å². The van der Waals surface area contributed by atoms with Crippen LogP contribution in [0.5, 0.6) is 0 Å². The van der Waals surface area contributed by atoms with Crippen LogP contribution < -0.4 is 11.5 Å². The molecule has 2 aliphatic rings. The highest BCUT2D eigenvalue weighted by Gasteiger charge is 2.63. The molecule has 12 heavy (non-hydrogen) atoms. The molecule has 0 aromatic heterocycles. The van der Waals surface area contributed by atoms with Crippen LogP contribution in [-0.2, 0) is 0 Å². The first-order chi connectivity index (χ1) is 5.41. The van der Waals surface area contributed by atoms with Crippen molar-refractivity contribution in [1.29, 1.82) is 0 Å². The lowest BCUT2D eigenvalue weighted by atomic mass is 9.69. The predicted molar refractivity (Wildman–Crippen MR) is 50.6 cm³/mol. The molecule has 2 rings (SSSR count). The summed E-state index contributed by atoms with van der Waals surface area (Å²) in [5.41, 5.74) is 12.9. The third kappa shape index (κ3) is 0.647. The van der Waals surface area contributed by atoms with Crippen molar-refractivity contribution in [2.45, 2.75) is 45.7 Å². The van der Waals surface area contributed by atoms with Crippen LogP contribution in [0.4, 0.5) is 0 Å². The lowest BCUT2D eigenvalue weighted by Gasteiger charge is -2.37. The van der Waals surface area contributed by atoms with E-state index >= 15 is 0 Å². The highest BCUT2D eigenvalue weighted by Crippen LogP contribution is 2.64. The summed E-state index contributed by atoms with van der Waals surface area (Å²) in [4.78, 5) is 0. The molecule has 2 nitrogen and oxygen atoms in total. The molecule has 0 aliphatic heterocycles. The zero-order valence-corrected chi connectivity index (χ0v) is 8.30. The summed E-state index contributed by atoms with van der Waals surface area (Å²) in [6.07, 6.45) is 2.54. The largest absolute Gasteiger partial charge is 0.326 e. The normalized spacial score (nSPS) is 56.2. The van der Waals surface area contributed by atoms with Gasteiger partial charge in [-0.05, 0) is 29.6 Å². The minimum atomic E-state index is 0.214. The molecule has 0 unspecified atom stereocenters. The Hall–Kier alpha value is -0.0800. The van der Waals surface area contributed by atoms with Crippen molar-refractivity contribution >= 4 is 0 Å². The smallest absolute Gasteiger partial charge is 0.0255 e. The van der Waals surface area contributed by atoms with Crippen LogP contribution in [0, 0.1) is 16.7 Å². The molecule has 2 aliphatic carbocycles. The van der Waals surface area contributed by atoms with Gasteiger partial charge in [0.1, 0.15) is 0 Å². The minimum absolute atomic E-state index is 0.214. The molecule has 0 heterocycles. The van der Waals surface area contributed by atoms with E-state index in [2.05, 4.69) is 20.8 Å². The van der Waals surface area contributed by atoms with Crippen LogP contribution in [-0.4, -0.2) is 12.1 Å². The van der Waals surface area contributed by atoms with Crippen LogP contribution in [0.1, 0.15) is 33.6 Å². The summed E-state index contributed by atoms with van der Waals surface area (Å²) >= 11 is 0. The maximum absolute atomic E-state index is 6.15. The number of nitrogens with two attached hydrogens (primary N) is 2. The van der Waals surface area contributed by atoms with E-state index in [0.717, 1.165) is 0 Å². The van der Waals surface area contributed by atoms with Gasteiger partial charge in [-0.25, -0.2) is 0 Å². The second kappa shape index (κ2) is 2.05. The van der Waals surface area contributed by atoms with Gasteiger partial charge in [0, 0.05) is 12.1 Å². The van der Waals surface area contributed by atoms with Crippen LogP contribution in [0.2, 0.25) is 0 Å². The molecule has 2 fully saturated rings. The Bertz CT molecular complexity index is 212. The summed E-state index contributed by atoms with van der Waals surface area (Å²) in [6, 6.07) is 0.449. The first-order valence-electron chi connectivity index (χ1n) is 4.92. The molecular formula is C10H20N2. The number of fused-ring (bicyclic) bond motifs is 2. The number of hydrogen-bond donors (Lipinski definition) is 2. The standard InChI is InChI=1S/C10H20N2/c1-9(2)6-4-5-10(9,3)8(12)7(6)11/h6-8H,4-5,11-12H2,1-3H3/t6-,7+,8-,10+/m0/s1. The van der Waals surface area contributed by atoms with Crippen molar-refractivity contribution in [2.24, 2.45) is 28.2 Å². The van der Waals surface area contributed by atoms with Crippen molar-refractivity contribution < 1.29 is 0 Å². The van der Waals surface area contributed by atoms with E-state index < -0.39 is 0 Å². The van der Waals surface area contributed by atoms with Crippen LogP contribution in [0.15, 0.2) is 0 Å². The zero-order chi connectivity index (χ0) is 9.15. The summed E-state index contributed by atoms with van der Waals surface area (Å²) < 4.78 is 0. The molecule has 0 saturated heterocycles. The van der Waals surface area contributed by atoms with Gasteiger partial charge >= 0.3 is 0 Å². The molecule has 0 amide bonds. The highest BCUT2D eigenvalue weighted by atomic mass is 14.9. The summed E-state index contributed by atoms with van der Waals surface area (Å²) in [5.74, 6) is 0.650. The second-order valence-electron chi connectivity index (χ2n) is 5.39. The molecule has 0 spiro atoms. The Labute approximate surface area is 74.7 Å². The van der Waals surface area contributed by atoms with Gasteiger partial charge in [-0.3, -0.25) is 0 Å². The molecule has 4 atom stereocenters. The molecule has 0 aromatic rings. The zero-order valence-electron chi connectivity index (χ0n) is 8.30. The van der Waals surface area contributed by atoms with E-state index in [1.54, 1.807) is 0 Å². The summed E-state index contributed by atoms with van der Waals surface area (Å²) in [6.45, 7) is 6.97. The van der Waals surface area contributed by atoms with Crippen LogP contribution >= 0.6 is 0 Å².